The molecule has 0 fully saturated rings. The first kappa shape index (κ1) is 22.9. The second-order valence-corrected chi connectivity index (χ2v) is 8.72. The minimum Gasteiger partial charge on any atom is -0.393 e. The number of rotatable bonds is 16. The van der Waals surface area contributed by atoms with Crippen LogP contribution in [-0.2, 0) is 10.1 Å². The van der Waals surface area contributed by atoms with E-state index in [9.17, 15) is 13.5 Å². The summed E-state index contributed by atoms with van der Waals surface area (Å²) in [5, 5.41) is 9.23. The predicted octanol–water partition coefficient (Wildman–Crippen LogP) is 5.10. The number of aliphatic hydroxyl groups is 1. The summed E-state index contributed by atoms with van der Waals surface area (Å²) in [6.07, 6.45) is 14.9. The van der Waals surface area contributed by atoms with Crippen LogP contribution in [0.25, 0.3) is 0 Å². The summed E-state index contributed by atoms with van der Waals surface area (Å²) in [6.45, 7) is 3.76. The van der Waals surface area contributed by atoms with Gasteiger partial charge in [-0.1, -0.05) is 77.6 Å². The van der Waals surface area contributed by atoms with Crippen molar-refractivity contribution < 1.29 is 18.1 Å². The molecule has 4 nitrogen and oxygen atoms in total. The summed E-state index contributed by atoms with van der Waals surface area (Å²) in [6, 6.07) is 0. The van der Waals surface area contributed by atoms with Gasteiger partial charge in [0.25, 0.3) is 10.1 Å². The molecule has 0 bridgehead atoms. The SMILES string of the molecule is CCCCCCC(O)CCCCCCCCCC(C)S(=O)(=O)O. The highest BCUT2D eigenvalue weighted by atomic mass is 32.2. The fraction of sp³-hybridized carbons (Fsp3) is 1.00. The summed E-state index contributed by atoms with van der Waals surface area (Å²) in [5.74, 6) is 0. The highest BCUT2D eigenvalue weighted by Gasteiger charge is 2.15. The summed E-state index contributed by atoms with van der Waals surface area (Å²) < 4.78 is 30.6. The fourth-order valence-electron chi connectivity index (χ4n) is 2.80. The third kappa shape index (κ3) is 15.2. The number of unbranched alkanes of at least 4 members (excludes halogenated alkanes) is 9. The standard InChI is InChI=1S/C18H38O4S/c1-3-4-5-12-15-18(19)16-13-10-8-6-7-9-11-14-17(2)23(20,21)22/h17-19H,3-16H2,1-2H3,(H,20,21,22). The molecule has 0 aliphatic rings. The van der Waals surface area contributed by atoms with Crippen molar-refractivity contribution in [1.29, 1.82) is 0 Å². The molecule has 2 atom stereocenters. The number of hydrogen-bond donors (Lipinski definition) is 2. The molecule has 23 heavy (non-hydrogen) atoms. The lowest BCUT2D eigenvalue weighted by Crippen LogP contribution is -2.16. The zero-order chi connectivity index (χ0) is 17.6. The molecule has 5 heteroatoms. The van der Waals surface area contributed by atoms with Crippen LogP contribution in [-0.4, -0.2) is 29.4 Å². The molecule has 0 rings (SSSR count). The molecule has 0 saturated heterocycles. The van der Waals surface area contributed by atoms with Crippen LogP contribution in [0.2, 0.25) is 0 Å². The Hall–Kier alpha value is -0.130. The average Bonchev–Trinajstić information content (AvgIpc) is 2.48. The molecule has 0 heterocycles. The van der Waals surface area contributed by atoms with Gasteiger partial charge in [0, 0.05) is 0 Å². The van der Waals surface area contributed by atoms with Gasteiger partial charge in [-0.25, -0.2) is 0 Å². The maximum absolute atomic E-state index is 10.9. The first-order valence-electron chi connectivity index (χ1n) is 9.52. The Balaban J connectivity index is 3.30. The van der Waals surface area contributed by atoms with Gasteiger partial charge in [0.2, 0.25) is 0 Å². The lowest BCUT2D eigenvalue weighted by Gasteiger charge is -2.10. The molecule has 0 aliphatic heterocycles. The first-order valence-corrected chi connectivity index (χ1v) is 11.0. The van der Waals surface area contributed by atoms with Crippen LogP contribution in [0.1, 0.15) is 104 Å². The predicted molar refractivity (Wildman–Crippen MR) is 97.3 cm³/mol. The van der Waals surface area contributed by atoms with Gasteiger partial charge in [0.1, 0.15) is 0 Å². The Bertz CT molecular complexity index is 354. The van der Waals surface area contributed by atoms with E-state index < -0.39 is 15.4 Å². The van der Waals surface area contributed by atoms with E-state index in [1.807, 2.05) is 0 Å². The third-order valence-corrected chi connectivity index (χ3v) is 5.80. The lowest BCUT2D eigenvalue weighted by molar-refractivity contribution is 0.147. The summed E-state index contributed by atoms with van der Waals surface area (Å²) >= 11 is 0. The third-order valence-electron chi connectivity index (χ3n) is 4.55. The normalized spacial score (nSPS) is 14.8. The van der Waals surface area contributed by atoms with Crippen molar-refractivity contribution >= 4 is 10.1 Å². The zero-order valence-corrected chi connectivity index (χ0v) is 16.0. The van der Waals surface area contributed by atoms with Crippen molar-refractivity contribution in [3.63, 3.8) is 0 Å². The number of aliphatic hydroxyl groups excluding tert-OH is 1. The molecular weight excluding hydrogens is 312 g/mol. The summed E-state index contributed by atoms with van der Waals surface area (Å²) in [4.78, 5) is 0. The van der Waals surface area contributed by atoms with Gasteiger partial charge in [-0.2, -0.15) is 8.42 Å². The Labute approximate surface area is 143 Å². The van der Waals surface area contributed by atoms with Crippen LogP contribution >= 0.6 is 0 Å². The van der Waals surface area contributed by atoms with Crippen molar-refractivity contribution in [2.75, 3.05) is 0 Å². The Morgan fingerprint density at radius 3 is 1.57 bits per heavy atom. The van der Waals surface area contributed by atoms with E-state index in [4.69, 9.17) is 4.55 Å². The Kier molecular flexibility index (Phi) is 14.2. The molecule has 140 valence electrons. The molecule has 0 radical (unpaired) electrons. The van der Waals surface area contributed by atoms with Crippen molar-refractivity contribution in [2.45, 2.75) is 115 Å². The molecule has 0 aromatic rings. The van der Waals surface area contributed by atoms with E-state index in [0.717, 1.165) is 44.9 Å². The van der Waals surface area contributed by atoms with E-state index in [1.54, 1.807) is 6.92 Å². The van der Waals surface area contributed by atoms with E-state index in [0.29, 0.717) is 6.42 Å². The van der Waals surface area contributed by atoms with Crippen LogP contribution in [0.4, 0.5) is 0 Å². The largest absolute Gasteiger partial charge is 0.393 e. The van der Waals surface area contributed by atoms with Gasteiger partial charge in [-0.15, -0.1) is 0 Å². The van der Waals surface area contributed by atoms with E-state index in [-0.39, 0.29) is 6.10 Å². The monoisotopic (exact) mass is 350 g/mol. The molecule has 0 aliphatic carbocycles. The fourth-order valence-corrected chi connectivity index (χ4v) is 3.26. The molecule has 0 spiro atoms. The number of hydrogen-bond acceptors (Lipinski definition) is 3. The minimum atomic E-state index is -3.85. The molecule has 2 unspecified atom stereocenters. The van der Waals surface area contributed by atoms with Crippen LogP contribution in [0, 0.1) is 0 Å². The minimum absolute atomic E-state index is 0.117. The maximum atomic E-state index is 10.9. The van der Waals surface area contributed by atoms with Gasteiger partial charge in [0.15, 0.2) is 0 Å². The second-order valence-electron chi connectivity index (χ2n) is 6.88. The molecular formula is C18H38O4S. The van der Waals surface area contributed by atoms with Crippen LogP contribution in [0.3, 0.4) is 0 Å². The maximum Gasteiger partial charge on any atom is 0.267 e. The summed E-state index contributed by atoms with van der Waals surface area (Å²) in [7, 11) is -3.85. The zero-order valence-electron chi connectivity index (χ0n) is 15.2. The molecule has 0 saturated carbocycles. The Morgan fingerprint density at radius 1 is 0.739 bits per heavy atom. The molecule has 0 amide bonds. The van der Waals surface area contributed by atoms with Crippen LogP contribution < -0.4 is 0 Å². The van der Waals surface area contributed by atoms with Gasteiger partial charge in [-0.05, 0) is 26.2 Å². The highest BCUT2D eigenvalue weighted by Crippen LogP contribution is 2.15. The Morgan fingerprint density at radius 2 is 1.13 bits per heavy atom. The lowest BCUT2D eigenvalue weighted by atomic mass is 10.0. The highest BCUT2D eigenvalue weighted by molar-refractivity contribution is 7.86. The first-order chi connectivity index (χ1) is 10.9. The van der Waals surface area contributed by atoms with Crippen molar-refractivity contribution in [3.8, 4) is 0 Å². The van der Waals surface area contributed by atoms with Crippen molar-refractivity contribution in [3.05, 3.63) is 0 Å². The van der Waals surface area contributed by atoms with Crippen LogP contribution in [0.5, 0.6) is 0 Å². The van der Waals surface area contributed by atoms with E-state index in [1.165, 1.54) is 38.5 Å². The second kappa shape index (κ2) is 14.2. The van der Waals surface area contributed by atoms with Gasteiger partial charge >= 0.3 is 0 Å². The summed E-state index contributed by atoms with van der Waals surface area (Å²) in [5.41, 5.74) is 0. The molecule has 2 N–H and O–H groups in total. The molecule has 0 aromatic heterocycles. The topological polar surface area (TPSA) is 74.6 Å². The van der Waals surface area contributed by atoms with Gasteiger partial charge in [-0.3, -0.25) is 4.55 Å². The van der Waals surface area contributed by atoms with Gasteiger partial charge < -0.3 is 5.11 Å². The van der Waals surface area contributed by atoms with Gasteiger partial charge in [0.05, 0.1) is 11.4 Å². The van der Waals surface area contributed by atoms with E-state index >= 15 is 0 Å². The van der Waals surface area contributed by atoms with Crippen LogP contribution in [0.15, 0.2) is 0 Å². The molecule has 0 aromatic carbocycles. The average molecular weight is 351 g/mol. The van der Waals surface area contributed by atoms with Crippen molar-refractivity contribution in [1.82, 2.24) is 0 Å². The smallest absolute Gasteiger partial charge is 0.267 e. The van der Waals surface area contributed by atoms with Crippen molar-refractivity contribution in [2.24, 2.45) is 0 Å². The van der Waals surface area contributed by atoms with E-state index in [2.05, 4.69) is 6.92 Å². The quantitative estimate of drug-likeness (QED) is 0.300.